The minimum atomic E-state index is -0.636. The van der Waals surface area contributed by atoms with Crippen LogP contribution < -0.4 is 11.1 Å². The standard InChI is InChI=1S/C20H20FN7O2/c21-14-1-3-15(4-2-14)25-20-17(19(23)29)10-28(26-20)18-5-6-27(8-13(18)7-22)9-16-11-30-12-24-16/h1-4,10-13,18H,5-6,8-9H2,(H2,23,29)(H,25,26)/t13-,18+/m0/s1. The highest BCUT2D eigenvalue weighted by molar-refractivity contribution is 5.98. The first-order valence-corrected chi connectivity index (χ1v) is 9.44. The van der Waals surface area contributed by atoms with Crippen LogP contribution in [0.15, 0.2) is 47.5 Å². The number of oxazole rings is 1. The number of likely N-dealkylation sites (tertiary alicyclic amines) is 1. The molecule has 3 N–H and O–H groups in total. The van der Waals surface area contributed by atoms with Crippen LogP contribution in [0.3, 0.4) is 0 Å². The highest BCUT2D eigenvalue weighted by Crippen LogP contribution is 2.30. The minimum Gasteiger partial charge on any atom is -0.451 e. The number of carbonyl (C=O) groups is 1. The highest BCUT2D eigenvalue weighted by atomic mass is 19.1. The molecule has 9 nitrogen and oxygen atoms in total. The molecule has 2 aromatic heterocycles. The molecule has 154 valence electrons. The second-order valence-corrected chi connectivity index (χ2v) is 7.17. The molecule has 10 heteroatoms. The van der Waals surface area contributed by atoms with Gasteiger partial charge in [0.2, 0.25) is 0 Å². The Balaban J connectivity index is 1.53. The summed E-state index contributed by atoms with van der Waals surface area (Å²) in [6.07, 6.45) is 5.21. The van der Waals surface area contributed by atoms with Gasteiger partial charge in [-0.2, -0.15) is 10.4 Å². The summed E-state index contributed by atoms with van der Waals surface area (Å²) in [6.45, 7) is 1.88. The van der Waals surface area contributed by atoms with Gasteiger partial charge < -0.3 is 15.5 Å². The highest BCUT2D eigenvalue weighted by Gasteiger charge is 2.32. The van der Waals surface area contributed by atoms with Crippen LogP contribution in [0.4, 0.5) is 15.9 Å². The first-order chi connectivity index (χ1) is 14.5. The molecule has 1 fully saturated rings. The largest absolute Gasteiger partial charge is 0.451 e. The molecule has 0 radical (unpaired) electrons. The lowest BCUT2D eigenvalue weighted by Gasteiger charge is -2.34. The smallest absolute Gasteiger partial charge is 0.254 e. The molecule has 30 heavy (non-hydrogen) atoms. The quantitative estimate of drug-likeness (QED) is 0.640. The maximum atomic E-state index is 13.1. The van der Waals surface area contributed by atoms with Crippen LogP contribution in [0, 0.1) is 23.1 Å². The number of nitriles is 1. The van der Waals surface area contributed by atoms with Crippen molar-refractivity contribution in [2.75, 3.05) is 18.4 Å². The summed E-state index contributed by atoms with van der Waals surface area (Å²) in [5, 5.41) is 17.2. The van der Waals surface area contributed by atoms with Gasteiger partial charge in [0.25, 0.3) is 5.91 Å². The second kappa shape index (κ2) is 8.34. The van der Waals surface area contributed by atoms with Gasteiger partial charge in [-0.15, -0.1) is 0 Å². The molecule has 1 aliphatic heterocycles. The van der Waals surface area contributed by atoms with Crippen LogP contribution >= 0.6 is 0 Å². The number of hydrogen-bond donors (Lipinski definition) is 2. The Morgan fingerprint density at radius 3 is 2.87 bits per heavy atom. The summed E-state index contributed by atoms with van der Waals surface area (Å²) in [4.78, 5) is 18.2. The Morgan fingerprint density at radius 1 is 1.40 bits per heavy atom. The number of piperidine rings is 1. The number of rotatable bonds is 6. The van der Waals surface area contributed by atoms with E-state index >= 15 is 0 Å². The van der Waals surface area contributed by atoms with Crippen LogP contribution in [-0.2, 0) is 6.54 Å². The number of carbonyl (C=O) groups excluding carboxylic acids is 1. The monoisotopic (exact) mass is 409 g/mol. The van der Waals surface area contributed by atoms with Crippen LogP contribution in [0.1, 0.15) is 28.5 Å². The van der Waals surface area contributed by atoms with Crippen LogP contribution in [0.25, 0.3) is 0 Å². The second-order valence-electron chi connectivity index (χ2n) is 7.17. The van der Waals surface area contributed by atoms with Crippen LogP contribution in [0.2, 0.25) is 0 Å². The van der Waals surface area contributed by atoms with Gasteiger partial charge in [-0.25, -0.2) is 9.37 Å². The molecule has 1 aliphatic rings. The fourth-order valence-electron chi connectivity index (χ4n) is 3.64. The maximum absolute atomic E-state index is 13.1. The maximum Gasteiger partial charge on any atom is 0.254 e. The molecule has 0 saturated carbocycles. The van der Waals surface area contributed by atoms with Gasteiger partial charge in [-0.1, -0.05) is 0 Å². The Kier molecular flexibility index (Phi) is 5.45. The molecule has 3 heterocycles. The Morgan fingerprint density at radius 2 is 2.20 bits per heavy atom. The third-order valence-corrected chi connectivity index (χ3v) is 5.14. The Hall–Kier alpha value is -3.71. The molecule has 1 amide bonds. The summed E-state index contributed by atoms with van der Waals surface area (Å²) in [6, 6.07) is 7.84. The lowest BCUT2D eigenvalue weighted by atomic mass is 9.93. The molecule has 2 atom stereocenters. The van der Waals surface area contributed by atoms with E-state index < -0.39 is 5.91 Å². The number of aromatic nitrogens is 3. The number of benzene rings is 1. The topological polar surface area (TPSA) is 126 Å². The van der Waals surface area contributed by atoms with Crippen LogP contribution in [-0.4, -0.2) is 38.7 Å². The molecular formula is C20H20FN7O2. The summed E-state index contributed by atoms with van der Waals surface area (Å²) < 4.78 is 19.8. The van der Waals surface area contributed by atoms with E-state index in [-0.39, 0.29) is 29.2 Å². The number of nitrogens with one attached hydrogen (secondary N) is 1. The average molecular weight is 409 g/mol. The summed E-state index contributed by atoms with van der Waals surface area (Å²) in [7, 11) is 0. The summed E-state index contributed by atoms with van der Waals surface area (Å²) >= 11 is 0. The van der Waals surface area contributed by atoms with Crippen molar-refractivity contribution in [3.05, 3.63) is 60.2 Å². The molecule has 1 saturated heterocycles. The summed E-state index contributed by atoms with van der Waals surface area (Å²) in [5.74, 6) is -1.06. The van der Waals surface area contributed by atoms with E-state index in [4.69, 9.17) is 10.2 Å². The third-order valence-electron chi connectivity index (χ3n) is 5.14. The zero-order valence-electron chi connectivity index (χ0n) is 16.0. The molecule has 1 aromatic carbocycles. The zero-order valence-corrected chi connectivity index (χ0v) is 16.0. The first-order valence-electron chi connectivity index (χ1n) is 9.44. The number of anilines is 2. The van der Waals surface area contributed by atoms with Crippen molar-refractivity contribution in [1.82, 2.24) is 19.7 Å². The molecule has 4 rings (SSSR count). The van der Waals surface area contributed by atoms with Gasteiger partial charge in [-0.05, 0) is 30.7 Å². The SMILES string of the molecule is N#C[C@H]1CN(Cc2cocn2)CC[C@H]1n1cc(C(N)=O)c(Nc2ccc(F)cc2)n1. The van der Waals surface area contributed by atoms with Crippen molar-refractivity contribution in [3.8, 4) is 6.07 Å². The van der Waals surface area contributed by atoms with E-state index in [2.05, 4.69) is 26.4 Å². The minimum absolute atomic E-state index is 0.203. The van der Waals surface area contributed by atoms with E-state index in [1.807, 2.05) is 0 Å². The number of hydrogen-bond acceptors (Lipinski definition) is 7. The summed E-state index contributed by atoms with van der Waals surface area (Å²) in [5.41, 5.74) is 7.11. The van der Waals surface area contributed by atoms with E-state index in [1.54, 1.807) is 29.3 Å². The van der Waals surface area contributed by atoms with Gasteiger partial charge in [0.15, 0.2) is 12.2 Å². The van der Waals surface area contributed by atoms with E-state index in [1.165, 1.54) is 18.5 Å². The van der Waals surface area contributed by atoms with Gasteiger partial charge in [0.05, 0.1) is 23.7 Å². The fraction of sp³-hybridized carbons (Fsp3) is 0.300. The lowest BCUT2D eigenvalue weighted by molar-refractivity contribution is 0.100. The van der Waals surface area contributed by atoms with E-state index in [0.29, 0.717) is 25.2 Å². The Labute approximate surface area is 171 Å². The van der Waals surface area contributed by atoms with Crippen LogP contribution in [0.5, 0.6) is 0 Å². The molecule has 0 aliphatic carbocycles. The normalized spacial score (nSPS) is 19.3. The number of halogens is 1. The predicted octanol–water partition coefficient (Wildman–Crippen LogP) is 2.44. The van der Waals surface area contributed by atoms with Crippen molar-refractivity contribution in [3.63, 3.8) is 0 Å². The number of nitrogens with zero attached hydrogens (tertiary/aromatic N) is 5. The van der Waals surface area contributed by atoms with Gasteiger partial charge in [-0.3, -0.25) is 14.4 Å². The van der Waals surface area contributed by atoms with Crippen molar-refractivity contribution in [2.45, 2.75) is 19.0 Å². The zero-order chi connectivity index (χ0) is 21.1. The molecular weight excluding hydrogens is 389 g/mol. The molecule has 0 unspecified atom stereocenters. The van der Waals surface area contributed by atoms with Gasteiger partial charge in [0, 0.05) is 31.5 Å². The van der Waals surface area contributed by atoms with Gasteiger partial charge >= 0.3 is 0 Å². The number of primary amides is 1. The van der Waals surface area contributed by atoms with Crippen molar-refractivity contribution >= 4 is 17.4 Å². The fourth-order valence-corrected chi connectivity index (χ4v) is 3.64. The lowest BCUT2D eigenvalue weighted by Crippen LogP contribution is -2.40. The average Bonchev–Trinajstić information content (AvgIpc) is 3.39. The Bertz CT molecular complexity index is 1060. The number of amides is 1. The van der Waals surface area contributed by atoms with E-state index in [9.17, 15) is 14.4 Å². The van der Waals surface area contributed by atoms with E-state index in [0.717, 1.165) is 12.2 Å². The molecule has 0 bridgehead atoms. The first kappa shape index (κ1) is 19.6. The molecule has 0 spiro atoms. The number of nitrogens with two attached hydrogens (primary N) is 1. The third kappa shape index (κ3) is 4.16. The van der Waals surface area contributed by atoms with Gasteiger partial charge in [0.1, 0.15) is 17.6 Å². The predicted molar refractivity (Wildman–Crippen MR) is 105 cm³/mol. The molecule has 3 aromatic rings. The van der Waals surface area contributed by atoms with Crippen molar-refractivity contribution < 1.29 is 13.6 Å². The van der Waals surface area contributed by atoms with Crippen molar-refractivity contribution in [2.24, 2.45) is 11.7 Å². The van der Waals surface area contributed by atoms with Crippen molar-refractivity contribution in [1.29, 1.82) is 5.26 Å².